The van der Waals surface area contributed by atoms with E-state index >= 15 is 0 Å². The molecule has 5 heteroatoms. The van der Waals surface area contributed by atoms with Crippen LogP contribution in [-0.4, -0.2) is 41.8 Å². The molecule has 2 heterocycles. The molecule has 4 bridgehead atoms. The van der Waals surface area contributed by atoms with Crippen molar-refractivity contribution in [1.29, 1.82) is 0 Å². The van der Waals surface area contributed by atoms with Gasteiger partial charge in [0, 0.05) is 32.2 Å². The van der Waals surface area contributed by atoms with Gasteiger partial charge in [-0.2, -0.15) is 10.2 Å². The molecule has 0 atom stereocenters. The second-order valence-electron chi connectivity index (χ2n) is 9.31. The van der Waals surface area contributed by atoms with Crippen molar-refractivity contribution < 1.29 is 9.53 Å². The summed E-state index contributed by atoms with van der Waals surface area (Å²) in [5.41, 5.74) is -0.397. The minimum Gasteiger partial charge on any atom is -0.371 e. The Kier molecular flexibility index (Phi) is 3.90. The van der Waals surface area contributed by atoms with Crippen LogP contribution in [0.15, 0.2) is 10.2 Å². The summed E-state index contributed by atoms with van der Waals surface area (Å²) in [4.78, 5) is 15.0. The number of hydrogen-bond acceptors (Lipinski definition) is 4. The highest BCUT2D eigenvalue weighted by Crippen LogP contribution is 2.60. The Morgan fingerprint density at radius 1 is 1.12 bits per heavy atom. The fraction of sp³-hybridized carbons (Fsp3) is 0.857. The number of morpholine rings is 1. The molecule has 1 saturated heterocycles. The zero-order chi connectivity index (χ0) is 17.8. The maximum Gasteiger partial charge on any atom is 0.222 e. The molecule has 1 amide bonds. The normalized spacial score (nSPS) is 41.4. The molecule has 0 aromatic carbocycles. The van der Waals surface area contributed by atoms with Gasteiger partial charge < -0.3 is 9.64 Å². The molecule has 0 unspecified atom stereocenters. The second-order valence-corrected chi connectivity index (χ2v) is 9.31. The van der Waals surface area contributed by atoms with E-state index in [1.165, 1.54) is 32.1 Å². The summed E-state index contributed by atoms with van der Waals surface area (Å²) in [6.07, 6.45) is 14.8. The van der Waals surface area contributed by atoms with Crippen molar-refractivity contribution in [3.8, 4) is 12.3 Å². The molecule has 5 fully saturated rings. The maximum absolute atomic E-state index is 12.9. The van der Waals surface area contributed by atoms with Crippen LogP contribution in [-0.2, 0) is 9.53 Å². The predicted octanol–water partition coefficient (Wildman–Crippen LogP) is 3.40. The highest BCUT2D eigenvalue weighted by atomic mass is 16.5. The van der Waals surface area contributed by atoms with Gasteiger partial charge in [0.25, 0.3) is 0 Å². The summed E-state index contributed by atoms with van der Waals surface area (Å²) < 4.78 is 6.48. The van der Waals surface area contributed by atoms with E-state index in [4.69, 9.17) is 11.2 Å². The van der Waals surface area contributed by atoms with Gasteiger partial charge in [-0.25, -0.2) is 0 Å². The molecule has 4 saturated carbocycles. The first-order valence-electron chi connectivity index (χ1n) is 10.4. The number of amides is 1. The van der Waals surface area contributed by atoms with Gasteiger partial charge in [0.2, 0.25) is 5.91 Å². The Morgan fingerprint density at radius 3 is 2.42 bits per heavy atom. The maximum atomic E-state index is 12.9. The molecule has 0 aromatic rings. The minimum absolute atomic E-state index is 0.0448. The molecular weight excluding hydrogens is 326 g/mol. The SMILES string of the molecule is C#CCCC1(CCC(=O)N2CCOC3(C2)C2CC4CC(C2)CC3C4)N=N1. The van der Waals surface area contributed by atoms with E-state index in [0.29, 0.717) is 37.7 Å². The van der Waals surface area contributed by atoms with Crippen LogP contribution in [0.5, 0.6) is 0 Å². The van der Waals surface area contributed by atoms with Crippen molar-refractivity contribution >= 4 is 5.91 Å². The van der Waals surface area contributed by atoms with Crippen molar-refractivity contribution in [2.45, 2.75) is 69.1 Å². The zero-order valence-electron chi connectivity index (χ0n) is 15.5. The summed E-state index contributed by atoms with van der Waals surface area (Å²) in [5.74, 6) is 6.09. The van der Waals surface area contributed by atoms with E-state index in [-0.39, 0.29) is 17.2 Å². The Bertz CT molecular complexity index is 631. The van der Waals surface area contributed by atoms with E-state index in [9.17, 15) is 4.79 Å². The Hall–Kier alpha value is -1.41. The van der Waals surface area contributed by atoms with Crippen LogP contribution in [0.2, 0.25) is 0 Å². The highest BCUT2D eigenvalue weighted by Gasteiger charge is 2.59. The smallest absolute Gasteiger partial charge is 0.222 e. The molecule has 5 nitrogen and oxygen atoms in total. The van der Waals surface area contributed by atoms with Crippen molar-refractivity contribution in [3.63, 3.8) is 0 Å². The third kappa shape index (κ3) is 2.69. The summed E-state index contributed by atoms with van der Waals surface area (Å²) in [7, 11) is 0. The van der Waals surface area contributed by atoms with Crippen LogP contribution >= 0.6 is 0 Å². The number of nitrogens with zero attached hydrogens (tertiary/aromatic N) is 3. The number of rotatable bonds is 5. The number of terminal acetylenes is 1. The molecule has 26 heavy (non-hydrogen) atoms. The molecule has 140 valence electrons. The number of ether oxygens (including phenoxy) is 1. The van der Waals surface area contributed by atoms with E-state index in [1.807, 2.05) is 0 Å². The highest BCUT2D eigenvalue weighted by molar-refractivity contribution is 5.76. The first-order valence-corrected chi connectivity index (χ1v) is 10.4. The van der Waals surface area contributed by atoms with Crippen molar-refractivity contribution in [1.82, 2.24) is 4.90 Å². The first-order chi connectivity index (χ1) is 12.6. The zero-order valence-corrected chi connectivity index (χ0v) is 15.5. The van der Waals surface area contributed by atoms with Gasteiger partial charge in [0.1, 0.15) is 0 Å². The molecule has 0 aromatic heterocycles. The van der Waals surface area contributed by atoms with Gasteiger partial charge in [-0.3, -0.25) is 4.79 Å². The predicted molar refractivity (Wildman–Crippen MR) is 97.2 cm³/mol. The van der Waals surface area contributed by atoms with Crippen molar-refractivity contribution in [2.75, 3.05) is 19.7 Å². The molecule has 0 N–H and O–H groups in total. The molecule has 6 rings (SSSR count). The van der Waals surface area contributed by atoms with Crippen molar-refractivity contribution in [2.24, 2.45) is 33.9 Å². The Balaban J connectivity index is 1.22. The van der Waals surface area contributed by atoms with Crippen LogP contribution < -0.4 is 0 Å². The first kappa shape index (κ1) is 16.7. The van der Waals surface area contributed by atoms with Gasteiger partial charge in [0.15, 0.2) is 5.66 Å². The van der Waals surface area contributed by atoms with E-state index in [0.717, 1.165) is 31.3 Å². The van der Waals surface area contributed by atoms with Gasteiger partial charge >= 0.3 is 0 Å². The fourth-order valence-corrected chi connectivity index (χ4v) is 6.59. The van der Waals surface area contributed by atoms with E-state index in [2.05, 4.69) is 21.0 Å². The van der Waals surface area contributed by atoms with Gasteiger partial charge in [0.05, 0.1) is 18.8 Å². The van der Waals surface area contributed by atoms with Crippen LogP contribution in [0, 0.1) is 36.0 Å². The minimum atomic E-state index is -0.353. The van der Waals surface area contributed by atoms with E-state index < -0.39 is 0 Å². The molecule has 2 aliphatic heterocycles. The molecule has 4 aliphatic carbocycles. The quantitative estimate of drug-likeness (QED) is 0.710. The lowest BCUT2D eigenvalue weighted by Crippen LogP contribution is -2.66. The van der Waals surface area contributed by atoms with E-state index in [1.54, 1.807) is 0 Å². The lowest BCUT2D eigenvalue weighted by molar-refractivity contribution is -0.232. The third-order valence-electron chi connectivity index (χ3n) is 7.83. The third-order valence-corrected chi connectivity index (χ3v) is 7.83. The molecule has 0 radical (unpaired) electrons. The van der Waals surface area contributed by atoms with Crippen LogP contribution in [0.1, 0.15) is 57.8 Å². The molecule has 1 spiro atoms. The average molecular weight is 355 g/mol. The van der Waals surface area contributed by atoms with Crippen molar-refractivity contribution in [3.05, 3.63) is 0 Å². The van der Waals surface area contributed by atoms with Gasteiger partial charge in [-0.05, 0) is 55.8 Å². The molecular formula is C21H29N3O2. The van der Waals surface area contributed by atoms with Gasteiger partial charge in [-0.15, -0.1) is 12.3 Å². The van der Waals surface area contributed by atoms with Crippen LogP contribution in [0.3, 0.4) is 0 Å². The van der Waals surface area contributed by atoms with Gasteiger partial charge in [-0.1, -0.05) is 0 Å². The topological polar surface area (TPSA) is 54.3 Å². The fourth-order valence-electron chi connectivity index (χ4n) is 6.59. The monoisotopic (exact) mass is 355 g/mol. The summed E-state index contributed by atoms with van der Waals surface area (Å²) in [5, 5.41) is 8.33. The standard InChI is InChI=1S/C21H29N3O2/c1-2-3-5-20(22-23-20)6-4-19(25)24-7-8-26-21(14-24)17-10-15-9-16(12-17)13-18(21)11-15/h1,15-18H,3-14H2. The number of carbonyl (C=O) groups excluding carboxylic acids is 1. The summed E-state index contributed by atoms with van der Waals surface area (Å²) in [6.45, 7) is 2.25. The lowest BCUT2D eigenvalue weighted by atomic mass is 9.49. The summed E-state index contributed by atoms with van der Waals surface area (Å²) >= 11 is 0. The lowest BCUT2D eigenvalue weighted by Gasteiger charge is -2.62. The van der Waals surface area contributed by atoms with Crippen LogP contribution in [0.25, 0.3) is 0 Å². The Morgan fingerprint density at radius 2 is 1.81 bits per heavy atom. The second kappa shape index (κ2) is 6.05. The molecule has 6 aliphatic rings. The number of carbonyl (C=O) groups is 1. The summed E-state index contributed by atoms with van der Waals surface area (Å²) in [6, 6.07) is 0. The average Bonchev–Trinajstić information content (AvgIpc) is 3.43. The Labute approximate surface area is 155 Å². The van der Waals surface area contributed by atoms with Crippen LogP contribution in [0.4, 0.5) is 0 Å². The number of hydrogen-bond donors (Lipinski definition) is 0. The largest absolute Gasteiger partial charge is 0.371 e.